The van der Waals surface area contributed by atoms with E-state index in [0.717, 1.165) is 6.42 Å². The molecule has 2 saturated heterocycles. The second-order valence-corrected chi connectivity index (χ2v) is 8.65. The van der Waals surface area contributed by atoms with Crippen molar-refractivity contribution in [1.82, 2.24) is 15.1 Å². The van der Waals surface area contributed by atoms with Crippen molar-refractivity contribution < 1.29 is 24.6 Å². The van der Waals surface area contributed by atoms with Gasteiger partial charge in [-0.25, -0.2) is 4.79 Å². The van der Waals surface area contributed by atoms with Gasteiger partial charge in [0.2, 0.25) is 11.8 Å². The van der Waals surface area contributed by atoms with E-state index in [9.17, 15) is 24.6 Å². The van der Waals surface area contributed by atoms with Crippen LogP contribution in [0.1, 0.15) is 26.7 Å². The van der Waals surface area contributed by atoms with E-state index in [1.165, 1.54) is 16.7 Å². The molecule has 0 unspecified atom stereocenters. The number of carbonyl (C=O) groups excluding carboxylic acids is 2. The molecule has 3 heterocycles. The predicted octanol–water partition coefficient (Wildman–Crippen LogP) is 0.0396. The topological polar surface area (TPSA) is 110 Å². The standard InChI is InChI=1S/C17H25N3O5S/c1-7-12-11(8(2)21)16(23)20(12)13(17(24)25)14(7)26-10-6-5-9(18-10)15(22)19(3)4/h7-12,18,21H,5-6H2,1-4H3,(H,24,25)/t7-,8-,9+,10+,11-,12-/m1/s1. The van der Waals surface area contributed by atoms with E-state index in [-0.39, 0.29) is 40.9 Å². The monoisotopic (exact) mass is 383 g/mol. The van der Waals surface area contributed by atoms with E-state index in [1.807, 2.05) is 6.92 Å². The Labute approximate surface area is 156 Å². The Kier molecular flexibility index (Phi) is 5.06. The largest absolute Gasteiger partial charge is 0.477 e. The minimum Gasteiger partial charge on any atom is -0.477 e. The van der Waals surface area contributed by atoms with Crippen molar-refractivity contribution in [2.45, 2.75) is 50.3 Å². The lowest BCUT2D eigenvalue weighted by Gasteiger charge is -2.46. The van der Waals surface area contributed by atoms with Crippen molar-refractivity contribution >= 4 is 29.5 Å². The molecule has 2 fully saturated rings. The first-order valence-electron chi connectivity index (χ1n) is 8.77. The number of hydrogen-bond acceptors (Lipinski definition) is 6. The Morgan fingerprint density at radius 3 is 2.54 bits per heavy atom. The normalized spacial score (nSPS) is 34.6. The highest BCUT2D eigenvalue weighted by Gasteiger charge is 2.60. The molecule has 3 aliphatic rings. The van der Waals surface area contributed by atoms with E-state index in [0.29, 0.717) is 11.3 Å². The average molecular weight is 383 g/mol. The molecule has 3 N–H and O–H groups in total. The molecule has 0 spiro atoms. The zero-order valence-electron chi connectivity index (χ0n) is 15.3. The van der Waals surface area contributed by atoms with Crippen LogP contribution in [0.3, 0.4) is 0 Å². The summed E-state index contributed by atoms with van der Waals surface area (Å²) in [5.41, 5.74) is 0.0265. The number of aliphatic hydroxyl groups excluding tert-OH is 1. The number of carboxylic acid groups (broad SMARTS) is 1. The van der Waals surface area contributed by atoms with Crippen molar-refractivity contribution in [3.8, 4) is 0 Å². The zero-order valence-corrected chi connectivity index (χ0v) is 16.1. The predicted molar refractivity (Wildman–Crippen MR) is 95.9 cm³/mol. The second-order valence-electron chi connectivity index (χ2n) is 7.41. The summed E-state index contributed by atoms with van der Waals surface area (Å²) in [5.74, 6) is -2.16. The summed E-state index contributed by atoms with van der Waals surface area (Å²) >= 11 is 1.40. The van der Waals surface area contributed by atoms with Gasteiger partial charge in [-0.3, -0.25) is 14.9 Å². The fourth-order valence-corrected chi connectivity index (χ4v) is 5.58. The second kappa shape index (κ2) is 6.86. The van der Waals surface area contributed by atoms with Crippen molar-refractivity contribution in [3.63, 3.8) is 0 Å². The molecule has 0 aromatic rings. The van der Waals surface area contributed by atoms with Gasteiger partial charge in [-0.2, -0.15) is 0 Å². The summed E-state index contributed by atoms with van der Waals surface area (Å²) in [5, 5.41) is 22.7. The third-order valence-corrected chi connectivity index (χ3v) is 6.90. The quantitative estimate of drug-likeness (QED) is 0.575. The molecule has 3 rings (SSSR count). The van der Waals surface area contributed by atoms with Crippen LogP contribution in [0, 0.1) is 11.8 Å². The first-order chi connectivity index (χ1) is 12.1. The third kappa shape index (κ3) is 2.91. The summed E-state index contributed by atoms with van der Waals surface area (Å²) in [6.45, 7) is 3.46. The highest BCUT2D eigenvalue weighted by molar-refractivity contribution is 8.03. The van der Waals surface area contributed by atoms with E-state index in [1.54, 1.807) is 25.9 Å². The molecule has 144 valence electrons. The highest BCUT2D eigenvalue weighted by Crippen LogP contribution is 2.51. The number of fused-ring (bicyclic) bond motifs is 1. The molecule has 26 heavy (non-hydrogen) atoms. The summed E-state index contributed by atoms with van der Waals surface area (Å²) in [6, 6.07) is -0.575. The van der Waals surface area contributed by atoms with Gasteiger partial charge in [-0.1, -0.05) is 6.92 Å². The number of aliphatic carboxylic acids is 1. The first kappa shape index (κ1) is 19.2. The number of nitrogens with zero attached hydrogens (tertiary/aromatic N) is 2. The number of aliphatic hydroxyl groups is 1. The van der Waals surface area contributed by atoms with Crippen LogP contribution in [0.25, 0.3) is 0 Å². The van der Waals surface area contributed by atoms with Gasteiger partial charge in [0.05, 0.1) is 29.5 Å². The Hall–Kier alpha value is -1.58. The van der Waals surface area contributed by atoms with Gasteiger partial charge >= 0.3 is 5.97 Å². The number of amides is 2. The lowest BCUT2D eigenvalue weighted by atomic mass is 9.79. The molecule has 0 radical (unpaired) electrons. The number of β-lactam (4-membered cyclic amide) rings is 1. The Morgan fingerprint density at radius 1 is 1.35 bits per heavy atom. The van der Waals surface area contributed by atoms with E-state index in [4.69, 9.17) is 0 Å². The summed E-state index contributed by atoms with van der Waals surface area (Å²) in [6.07, 6.45) is 0.634. The zero-order chi connectivity index (χ0) is 19.3. The number of nitrogens with one attached hydrogen (secondary N) is 1. The molecular weight excluding hydrogens is 358 g/mol. The molecular formula is C17H25N3O5S. The van der Waals surface area contributed by atoms with E-state index in [2.05, 4.69) is 5.32 Å². The van der Waals surface area contributed by atoms with E-state index >= 15 is 0 Å². The van der Waals surface area contributed by atoms with Crippen LogP contribution >= 0.6 is 11.8 Å². The Bertz CT molecular complexity index is 677. The average Bonchev–Trinajstić information content (AvgIpc) is 3.09. The molecule has 3 aliphatic heterocycles. The Morgan fingerprint density at radius 2 is 2.00 bits per heavy atom. The molecule has 0 bridgehead atoms. The summed E-state index contributed by atoms with van der Waals surface area (Å²) in [4.78, 5) is 39.8. The number of likely N-dealkylation sites (N-methyl/N-ethyl adjacent to an activating group) is 1. The number of thioether (sulfide) groups is 1. The first-order valence-corrected chi connectivity index (χ1v) is 9.65. The van der Waals surface area contributed by atoms with Gasteiger partial charge in [-0.05, 0) is 19.8 Å². The van der Waals surface area contributed by atoms with Gasteiger partial charge in [-0.15, -0.1) is 11.8 Å². The van der Waals surface area contributed by atoms with Crippen molar-refractivity contribution in [1.29, 1.82) is 0 Å². The number of carboxylic acids is 1. The fraction of sp³-hybridized carbons (Fsp3) is 0.706. The van der Waals surface area contributed by atoms with Gasteiger partial charge in [0.25, 0.3) is 0 Å². The van der Waals surface area contributed by atoms with Crippen LogP contribution in [-0.4, -0.2) is 75.5 Å². The van der Waals surface area contributed by atoms with Crippen LogP contribution in [0.2, 0.25) is 0 Å². The van der Waals surface area contributed by atoms with Crippen LogP contribution < -0.4 is 5.32 Å². The molecule has 8 nitrogen and oxygen atoms in total. The number of hydrogen-bond donors (Lipinski definition) is 3. The van der Waals surface area contributed by atoms with Crippen molar-refractivity contribution in [3.05, 3.63) is 10.6 Å². The maximum atomic E-state index is 12.3. The van der Waals surface area contributed by atoms with Gasteiger partial charge in [0.1, 0.15) is 5.70 Å². The lowest BCUT2D eigenvalue weighted by Crippen LogP contribution is -2.63. The minimum atomic E-state index is -1.13. The smallest absolute Gasteiger partial charge is 0.353 e. The highest BCUT2D eigenvalue weighted by atomic mass is 32.2. The molecule has 0 aromatic heterocycles. The molecule has 0 aromatic carbocycles. The molecule has 2 amide bonds. The Balaban J connectivity index is 1.78. The number of carbonyl (C=O) groups is 3. The van der Waals surface area contributed by atoms with Crippen LogP contribution in [0.15, 0.2) is 10.6 Å². The van der Waals surface area contributed by atoms with E-state index < -0.39 is 18.0 Å². The molecule has 9 heteroatoms. The van der Waals surface area contributed by atoms with Crippen LogP contribution in [-0.2, 0) is 14.4 Å². The summed E-state index contributed by atoms with van der Waals surface area (Å²) < 4.78 is 0. The van der Waals surface area contributed by atoms with Crippen molar-refractivity contribution in [2.24, 2.45) is 11.8 Å². The molecule has 0 saturated carbocycles. The fourth-order valence-electron chi connectivity index (χ4n) is 4.14. The SMILES string of the molecule is C[C@@H](O)[C@H]1C(=O)N2C(C(=O)O)=C(S[C@H]3CC[C@@H](C(=O)N(C)C)N3)[C@H](C)[C@H]12. The number of rotatable bonds is 5. The lowest BCUT2D eigenvalue weighted by molar-refractivity contribution is -0.163. The van der Waals surface area contributed by atoms with Crippen molar-refractivity contribution in [2.75, 3.05) is 14.1 Å². The maximum absolute atomic E-state index is 12.3. The maximum Gasteiger partial charge on any atom is 0.353 e. The van der Waals surface area contributed by atoms with Crippen LogP contribution in [0.5, 0.6) is 0 Å². The van der Waals surface area contributed by atoms with Gasteiger partial charge in [0.15, 0.2) is 0 Å². The molecule has 6 atom stereocenters. The van der Waals surface area contributed by atoms with Gasteiger partial charge in [0, 0.05) is 24.9 Å². The van der Waals surface area contributed by atoms with Crippen LogP contribution in [0.4, 0.5) is 0 Å². The summed E-state index contributed by atoms with van der Waals surface area (Å²) in [7, 11) is 3.42. The molecule has 0 aliphatic carbocycles. The third-order valence-electron chi connectivity index (χ3n) is 5.42. The van der Waals surface area contributed by atoms with Gasteiger partial charge < -0.3 is 20.0 Å². The minimum absolute atomic E-state index is 0.00757.